The minimum atomic E-state index is 0.547. The van der Waals surface area contributed by atoms with E-state index in [1.54, 1.807) is 0 Å². The van der Waals surface area contributed by atoms with Gasteiger partial charge in [-0.2, -0.15) is 0 Å². The van der Waals surface area contributed by atoms with Crippen LogP contribution in [0.1, 0.15) is 52.7 Å². The Morgan fingerprint density at radius 1 is 1.33 bits per heavy atom. The van der Waals surface area contributed by atoms with Crippen molar-refractivity contribution in [2.24, 2.45) is 11.3 Å². The topological polar surface area (TPSA) is 28.2 Å². The number of aromatic nitrogens is 1. The summed E-state index contributed by atoms with van der Waals surface area (Å²) in [6.07, 6.45) is 5.84. The van der Waals surface area contributed by atoms with Gasteiger partial charge in [0.1, 0.15) is 0 Å². The van der Waals surface area contributed by atoms with Crippen LogP contribution in [0.2, 0.25) is 0 Å². The van der Waals surface area contributed by atoms with Gasteiger partial charge >= 0.3 is 0 Å². The van der Waals surface area contributed by atoms with Crippen molar-refractivity contribution < 1.29 is 0 Å². The van der Waals surface area contributed by atoms with Gasteiger partial charge in [-0.15, -0.1) is 0 Å². The highest BCUT2D eigenvalue weighted by Crippen LogP contribution is 2.35. The Labute approximate surface area is 130 Å². The molecule has 118 valence electrons. The molecule has 0 bridgehead atoms. The van der Waals surface area contributed by atoms with Crippen molar-refractivity contribution in [2.75, 3.05) is 24.5 Å². The third kappa shape index (κ3) is 4.70. The molecule has 0 radical (unpaired) electrons. The zero-order chi connectivity index (χ0) is 15.3. The lowest BCUT2D eigenvalue weighted by Crippen LogP contribution is -2.38. The molecule has 1 aromatic rings. The first-order valence-electron chi connectivity index (χ1n) is 8.43. The molecule has 0 aliphatic carbocycles. The highest BCUT2D eigenvalue weighted by molar-refractivity contribution is 5.47. The van der Waals surface area contributed by atoms with Crippen molar-refractivity contribution in [2.45, 2.75) is 53.5 Å². The number of rotatable bonds is 6. The second kappa shape index (κ2) is 7.26. The van der Waals surface area contributed by atoms with Gasteiger partial charge in [-0.1, -0.05) is 34.1 Å². The van der Waals surface area contributed by atoms with Crippen LogP contribution in [0.15, 0.2) is 18.3 Å². The van der Waals surface area contributed by atoms with E-state index in [-0.39, 0.29) is 0 Å². The van der Waals surface area contributed by atoms with Crippen molar-refractivity contribution >= 4 is 5.69 Å². The van der Waals surface area contributed by atoms with Gasteiger partial charge in [-0.3, -0.25) is 4.98 Å². The molecule has 2 heterocycles. The summed E-state index contributed by atoms with van der Waals surface area (Å²) in [5, 5.41) is 3.47. The van der Waals surface area contributed by atoms with Crippen molar-refractivity contribution in [3.05, 3.63) is 24.0 Å². The molecule has 1 saturated heterocycles. The standard InChI is InChI=1S/C18H31N3/c1-5-18(4)7-10-21(11-8-18)17-6-9-20-16(12-17)14-19-13-15(2)3/h6,9,12,15,19H,5,7-8,10-11,13-14H2,1-4H3. The van der Waals surface area contributed by atoms with E-state index in [9.17, 15) is 0 Å². The van der Waals surface area contributed by atoms with Gasteiger partial charge in [0.25, 0.3) is 0 Å². The van der Waals surface area contributed by atoms with Crippen molar-refractivity contribution in [1.82, 2.24) is 10.3 Å². The maximum Gasteiger partial charge on any atom is 0.0562 e. The van der Waals surface area contributed by atoms with Crippen molar-refractivity contribution in [3.63, 3.8) is 0 Å². The number of piperidine rings is 1. The Bertz CT molecular complexity index is 434. The summed E-state index contributed by atoms with van der Waals surface area (Å²) >= 11 is 0. The van der Waals surface area contributed by atoms with E-state index in [2.05, 4.69) is 55.0 Å². The van der Waals surface area contributed by atoms with Gasteiger partial charge in [-0.25, -0.2) is 0 Å². The van der Waals surface area contributed by atoms with E-state index in [0.29, 0.717) is 11.3 Å². The SMILES string of the molecule is CCC1(C)CCN(c2ccnc(CNCC(C)C)c2)CC1. The number of nitrogens with zero attached hydrogens (tertiary/aromatic N) is 2. The van der Waals surface area contributed by atoms with Crippen LogP contribution in [-0.4, -0.2) is 24.6 Å². The fourth-order valence-corrected chi connectivity index (χ4v) is 2.91. The van der Waals surface area contributed by atoms with E-state index < -0.39 is 0 Å². The molecule has 0 saturated carbocycles. The third-order valence-corrected chi connectivity index (χ3v) is 4.85. The van der Waals surface area contributed by atoms with E-state index in [1.165, 1.54) is 38.0 Å². The average molecular weight is 289 g/mol. The number of pyridine rings is 1. The molecular weight excluding hydrogens is 258 g/mol. The molecule has 0 amide bonds. The summed E-state index contributed by atoms with van der Waals surface area (Å²) in [7, 11) is 0. The first kappa shape index (κ1) is 16.3. The smallest absolute Gasteiger partial charge is 0.0562 e. The number of nitrogens with one attached hydrogen (secondary N) is 1. The molecule has 1 aromatic heterocycles. The summed E-state index contributed by atoms with van der Waals surface area (Å²) in [5.74, 6) is 0.682. The molecule has 0 spiro atoms. The quantitative estimate of drug-likeness (QED) is 0.862. The number of anilines is 1. The molecular formula is C18H31N3. The minimum absolute atomic E-state index is 0.547. The summed E-state index contributed by atoms with van der Waals surface area (Å²) in [6.45, 7) is 13.5. The summed E-state index contributed by atoms with van der Waals surface area (Å²) in [4.78, 5) is 7.01. The second-order valence-electron chi connectivity index (χ2n) is 7.18. The average Bonchev–Trinajstić information content (AvgIpc) is 2.48. The fourth-order valence-electron chi connectivity index (χ4n) is 2.91. The van der Waals surface area contributed by atoms with Crippen LogP contribution in [0.4, 0.5) is 5.69 Å². The molecule has 0 aromatic carbocycles. The molecule has 0 unspecified atom stereocenters. The van der Waals surface area contributed by atoms with Crippen LogP contribution in [0.5, 0.6) is 0 Å². The minimum Gasteiger partial charge on any atom is -0.371 e. The maximum absolute atomic E-state index is 4.49. The highest BCUT2D eigenvalue weighted by Gasteiger charge is 2.28. The van der Waals surface area contributed by atoms with Crippen LogP contribution in [-0.2, 0) is 6.54 Å². The van der Waals surface area contributed by atoms with Gasteiger partial charge in [0.15, 0.2) is 0 Å². The van der Waals surface area contributed by atoms with Crippen LogP contribution >= 0.6 is 0 Å². The molecule has 1 N–H and O–H groups in total. The fraction of sp³-hybridized carbons (Fsp3) is 0.722. The Morgan fingerprint density at radius 2 is 2.05 bits per heavy atom. The molecule has 1 aliphatic rings. The molecule has 1 fully saturated rings. The summed E-state index contributed by atoms with van der Waals surface area (Å²) in [6, 6.07) is 4.41. The first-order valence-corrected chi connectivity index (χ1v) is 8.43. The van der Waals surface area contributed by atoms with E-state index in [4.69, 9.17) is 0 Å². The normalized spacial score (nSPS) is 18.2. The molecule has 21 heavy (non-hydrogen) atoms. The first-order chi connectivity index (χ1) is 10.0. The lowest BCUT2D eigenvalue weighted by atomic mass is 9.78. The van der Waals surface area contributed by atoms with E-state index in [1.807, 2.05) is 6.20 Å². The second-order valence-corrected chi connectivity index (χ2v) is 7.18. The Balaban J connectivity index is 1.92. The molecule has 3 nitrogen and oxygen atoms in total. The van der Waals surface area contributed by atoms with Crippen LogP contribution in [0, 0.1) is 11.3 Å². The number of hydrogen-bond donors (Lipinski definition) is 1. The van der Waals surface area contributed by atoms with Gasteiger partial charge in [0.2, 0.25) is 0 Å². The Morgan fingerprint density at radius 3 is 2.67 bits per heavy atom. The van der Waals surface area contributed by atoms with Gasteiger partial charge in [-0.05, 0) is 42.9 Å². The van der Waals surface area contributed by atoms with Crippen LogP contribution < -0.4 is 10.2 Å². The van der Waals surface area contributed by atoms with Crippen molar-refractivity contribution in [1.29, 1.82) is 0 Å². The number of hydrogen-bond acceptors (Lipinski definition) is 3. The van der Waals surface area contributed by atoms with E-state index in [0.717, 1.165) is 18.8 Å². The monoisotopic (exact) mass is 289 g/mol. The third-order valence-electron chi connectivity index (χ3n) is 4.85. The van der Waals surface area contributed by atoms with E-state index >= 15 is 0 Å². The molecule has 2 rings (SSSR count). The lowest BCUT2D eigenvalue weighted by molar-refractivity contribution is 0.238. The zero-order valence-corrected chi connectivity index (χ0v) is 14.2. The predicted octanol–water partition coefficient (Wildman–Crippen LogP) is 3.84. The van der Waals surface area contributed by atoms with Gasteiger partial charge in [0, 0.05) is 31.5 Å². The summed E-state index contributed by atoms with van der Waals surface area (Å²) < 4.78 is 0. The molecule has 3 heteroatoms. The Hall–Kier alpha value is -1.09. The zero-order valence-electron chi connectivity index (χ0n) is 14.2. The van der Waals surface area contributed by atoms with Crippen LogP contribution in [0.25, 0.3) is 0 Å². The maximum atomic E-state index is 4.49. The lowest BCUT2D eigenvalue weighted by Gasteiger charge is -2.40. The molecule has 1 aliphatic heterocycles. The van der Waals surface area contributed by atoms with Crippen molar-refractivity contribution in [3.8, 4) is 0 Å². The largest absolute Gasteiger partial charge is 0.371 e. The highest BCUT2D eigenvalue weighted by atomic mass is 15.1. The van der Waals surface area contributed by atoms with Crippen LogP contribution in [0.3, 0.4) is 0 Å². The van der Waals surface area contributed by atoms with Gasteiger partial charge < -0.3 is 10.2 Å². The van der Waals surface area contributed by atoms with Gasteiger partial charge in [0.05, 0.1) is 5.69 Å². The summed E-state index contributed by atoms with van der Waals surface area (Å²) in [5.41, 5.74) is 3.03. The predicted molar refractivity (Wildman–Crippen MR) is 90.6 cm³/mol. The molecule has 0 atom stereocenters. The Kier molecular flexibility index (Phi) is 5.63.